The highest BCUT2D eigenvalue weighted by Gasteiger charge is 2.23. The van der Waals surface area contributed by atoms with Crippen LogP contribution in [0.15, 0.2) is 66.0 Å². The number of esters is 1. The number of phenols is 1. The third-order valence-corrected chi connectivity index (χ3v) is 6.28. The molecular weight excluding hydrogens is 432 g/mol. The molecule has 0 bridgehead atoms. The lowest BCUT2D eigenvalue weighted by atomic mass is 10.1. The highest BCUT2D eigenvalue weighted by Crippen LogP contribution is 2.36. The highest BCUT2D eigenvalue weighted by molar-refractivity contribution is 7.18. The number of benzene rings is 2. The van der Waals surface area contributed by atoms with Crippen LogP contribution in [0.2, 0.25) is 0 Å². The standard InChI is InChI=1S/C23H18N2O4S2/c1-2-29-22(28)20-18(14-8-4-3-5-9-14)24-23(31-20)25-21(27)16-11-6-10-15(19(16)26)17-12-7-13-30-17/h3-13,26H,2H2,1H3,(H,24,25,27). The summed E-state index contributed by atoms with van der Waals surface area (Å²) < 4.78 is 5.15. The fourth-order valence-electron chi connectivity index (χ4n) is 3.02. The smallest absolute Gasteiger partial charge is 0.350 e. The van der Waals surface area contributed by atoms with Crippen LogP contribution in [0.1, 0.15) is 27.0 Å². The number of aromatic hydroxyl groups is 1. The number of ether oxygens (including phenoxy) is 1. The zero-order valence-corrected chi connectivity index (χ0v) is 18.1. The fraction of sp³-hybridized carbons (Fsp3) is 0.0870. The van der Waals surface area contributed by atoms with Crippen molar-refractivity contribution in [1.82, 2.24) is 4.98 Å². The summed E-state index contributed by atoms with van der Waals surface area (Å²) in [6.07, 6.45) is 0. The molecule has 0 unspecified atom stereocenters. The van der Waals surface area contributed by atoms with Gasteiger partial charge >= 0.3 is 5.97 Å². The minimum Gasteiger partial charge on any atom is -0.506 e. The predicted octanol–water partition coefficient (Wildman–Crippen LogP) is 5.67. The van der Waals surface area contributed by atoms with Crippen LogP contribution < -0.4 is 5.32 Å². The van der Waals surface area contributed by atoms with Gasteiger partial charge < -0.3 is 9.84 Å². The van der Waals surface area contributed by atoms with E-state index < -0.39 is 11.9 Å². The molecule has 156 valence electrons. The first kappa shape index (κ1) is 20.8. The van der Waals surface area contributed by atoms with E-state index in [1.165, 1.54) is 11.3 Å². The summed E-state index contributed by atoms with van der Waals surface area (Å²) in [4.78, 5) is 30.9. The number of rotatable bonds is 6. The molecule has 4 aromatic rings. The van der Waals surface area contributed by atoms with Gasteiger partial charge in [0.25, 0.3) is 5.91 Å². The van der Waals surface area contributed by atoms with Crippen LogP contribution in [0.25, 0.3) is 21.7 Å². The second-order valence-corrected chi connectivity index (χ2v) is 8.36. The molecule has 2 aromatic carbocycles. The van der Waals surface area contributed by atoms with E-state index in [2.05, 4.69) is 10.3 Å². The molecule has 31 heavy (non-hydrogen) atoms. The number of amides is 1. The normalized spacial score (nSPS) is 10.6. The molecule has 8 heteroatoms. The Bertz CT molecular complexity index is 1220. The number of hydrogen-bond acceptors (Lipinski definition) is 7. The van der Waals surface area contributed by atoms with Crippen molar-refractivity contribution in [3.8, 4) is 27.4 Å². The van der Waals surface area contributed by atoms with Gasteiger partial charge in [0, 0.05) is 16.0 Å². The van der Waals surface area contributed by atoms with Crippen molar-refractivity contribution in [3.63, 3.8) is 0 Å². The van der Waals surface area contributed by atoms with E-state index in [4.69, 9.17) is 4.74 Å². The molecule has 2 aromatic heterocycles. The van der Waals surface area contributed by atoms with Crippen molar-refractivity contribution in [2.75, 3.05) is 11.9 Å². The number of carbonyl (C=O) groups excluding carboxylic acids is 2. The van der Waals surface area contributed by atoms with Gasteiger partial charge in [0.05, 0.1) is 17.9 Å². The SMILES string of the molecule is CCOC(=O)c1sc(NC(=O)c2cccc(-c3cccs3)c2O)nc1-c1ccccc1. The van der Waals surface area contributed by atoms with E-state index in [9.17, 15) is 14.7 Å². The van der Waals surface area contributed by atoms with Gasteiger partial charge in [-0.2, -0.15) is 0 Å². The highest BCUT2D eigenvalue weighted by atomic mass is 32.1. The quantitative estimate of drug-likeness (QED) is 0.369. The molecule has 2 N–H and O–H groups in total. The number of anilines is 1. The van der Waals surface area contributed by atoms with Crippen molar-refractivity contribution in [2.24, 2.45) is 0 Å². The van der Waals surface area contributed by atoms with Crippen molar-refractivity contribution >= 4 is 39.7 Å². The van der Waals surface area contributed by atoms with Crippen molar-refractivity contribution in [3.05, 3.63) is 76.5 Å². The molecular formula is C23H18N2O4S2. The van der Waals surface area contributed by atoms with Gasteiger partial charge in [-0.25, -0.2) is 9.78 Å². The summed E-state index contributed by atoms with van der Waals surface area (Å²) in [7, 11) is 0. The number of nitrogens with one attached hydrogen (secondary N) is 1. The number of aromatic nitrogens is 1. The van der Waals surface area contributed by atoms with E-state index in [0.717, 1.165) is 21.8 Å². The predicted molar refractivity (Wildman–Crippen MR) is 123 cm³/mol. The van der Waals surface area contributed by atoms with Gasteiger partial charge in [0.2, 0.25) is 0 Å². The van der Waals surface area contributed by atoms with Gasteiger partial charge in [0.1, 0.15) is 10.6 Å². The van der Waals surface area contributed by atoms with E-state index in [-0.39, 0.29) is 23.1 Å². The minimum atomic E-state index is -0.514. The van der Waals surface area contributed by atoms with Crippen LogP contribution in [-0.2, 0) is 4.74 Å². The molecule has 0 aliphatic carbocycles. The molecule has 0 radical (unpaired) electrons. The molecule has 0 saturated heterocycles. The van der Waals surface area contributed by atoms with Crippen LogP contribution in [-0.4, -0.2) is 28.6 Å². The maximum atomic E-state index is 12.9. The Morgan fingerprint density at radius 1 is 1.06 bits per heavy atom. The molecule has 0 fully saturated rings. The average Bonchev–Trinajstić information content (AvgIpc) is 3.45. The van der Waals surface area contributed by atoms with Crippen LogP contribution >= 0.6 is 22.7 Å². The Labute approximate surface area is 186 Å². The minimum absolute atomic E-state index is 0.104. The summed E-state index contributed by atoms with van der Waals surface area (Å²) in [5, 5.41) is 15.5. The Morgan fingerprint density at radius 3 is 2.58 bits per heavy atom. The molecule has 6 nitrogen and oxygen atoms in total. The van der Waals surface area contributed by atoms with Gasteiger partial charge in [-0.3, -0.25) is 10.1 Å². The molecule has 0 aliphatic heterocycles. The number of hydrogen-bond donors (Lipinski definition) is 2. The zero-order valence-electron chi connectivity index (χ0n) is 16.5. The molecule has 2 heterocycles. The third-order valence-electron chi connectivity index (χ3n) is 4.42. The average molecular weight is 451 g/mol. The summed E-state index contributed by atoms with van der Waals surface area (Å²) in [6, 6.07) is 18.0. The number of thiophene rings is 1. The summed E-state index contributed by atoms with van der Waals surface area (Å²) in [5.74, 6) is -1.12. The summed E-state index contributed by atoms with van der Waals surface area (Å²) in [5.41, 5.74) is 1.89. The van der Waals surface area contributed by atoms with E-state index in [0.29, 0.717) is 16.1 Å². The molecule has 1 amide bonds. The van der Waals surface area contributed by atoms with Gasteiger partial charge in [-0.1, -0.05) is 53.8 Å². The summed E-state index contributed by atoms with van der Waals surface area (Å²) >= 11 is 2.51. The third kappa shape index (κ3) is 4.35. The topological polar surface area (TPSA) is 88.5 Å². The maximum absolute atomic E-state index is 12.9. The van der Waals surface area contributed by atoms with Crippen molar-refractivity contribution in [2.45, 2.75) is 6.92 Å². The first-order valence-corrected chi connectivity index (χ1v) is 11.2. The van der Waals surface area contributed by atoms with Crippen molar-refractivity contribution < 1.29 is 19.4 Å². The van der Waals surface area contributed by atoms with E-state index in [1.807, 2.05) is 47.8 Å². The lowest BCUT2D eigenvalue weighted by Gasteiger charge is -2.08. The first-order valence-electron chi connectivity index (χ1n) is 9.49. The number of carbonyl (C=O) groups is 2. The van der Waals surface area contributed by atoms with Crippen LogP contribution in [0.4, 0.5) is 5.13 Å². The Hall–Kier alpha value is -3.49. The monoisotopic (exact) mass is 450 g/mol. The number of thiazole rings is 1. The molecule has 4 rings (SSSR count). The molecule has 0 atom stereocenters. The van der Waals surface area contributed by atoms with Crippen molar-refractivity contribution in [1.29, 1.82) is 0 Å². The number of phenolic OH excluding ortho intramolecular Hbond substituents is 1. The van der Waals surface area contributed by atoms with Crippen LogP contribution in [0.3, 0.4) is 0 Å². The Balaban J connectivity index is 1.66. The van der Waals surface area contributed by atoms with E-state index >= 15 is 0 Å². The second-order valence-electron chi connectivity index (χ2n) is 6.42. The van der Waals surface area contributed by atoms with Gasteiger partial charge in [-0.05, 0) is 30.5 Å². The molecule has 0 spiro atoms. The lowest BCUT2D eigenvalue weighted by molar-refractivity contribution is 0.0532. The van der Waals surface area contributed by atoms with Gasteiger partial charge in [0.15, 0.2) is 5.13 Å². The van der Waals surface area contributed by atoms with Crippen LogP contribution in [0.5, 0.6) is 5.75 Å². The van der Waals surface area contributed by atoms with Crippen LogP contribution in [0, 0.1) is 0 Å². The Morgan fingerprint density at radius 2 is 1.87 bits per heavy atom. The zero-order chi connectivity index (χ0) is 21.8. The second kappa shape index (κ2) is 9.11. The lowest BCUT2D eigenvalue weighted by Crippen LogP contribution is -2.12. The molecule has 0 saturated carbocycles. The number of nitrogens with zero attached hydrogens (tertiary/aromatic N) is 1. The maximum Gasteiger partial charge on any atom is 0.350 e. The van der Waals surface area contributed by atoms with E-state index in [1.54, 1.807) is 25.1 Å². The Kier molecular flexibility index (Phi) is 6.11. The summed E-state index contributed by atoms with van der Waals surface area (Å²) in [6.45, 7) is 1.96. The fourth-order valence-corrected chi connectivity index (χ4v) is 4.65. The number of para-hydroxylation sites is 1. The first-order chi connectivity index (χ1) is 15.1. The largest absolute Gasteiger partial charge is 0.506 e. The van der Waals surface area contributed by atoms with Gasteiger partial charge in [-0.15, -0.1) is 11.3 Å². The molecule has 0 aliphatic rings.